The van der Waals surface area contributed by atoms with E-state index in [-0.39, 0.29) is 0 Å². The third kappa shape index (κ3) is 5.38. The molecule has 0 aliphatic heterocycles. The van der Waals surface area contributed by atoms with Gasteiger partial charge in [0, 0.05) is 13.7 Å². The van der Waals surface area contributed by atoms with E-state index in [0.717, 1.165) is 44.7 Å². The Morgan fingerprint density at radius 2 is 1.94 bits per heavy atom. The highest BCUT2D eigenvalue weighted by atomic mass is 16.5. The fourth-order valence-electron chi connectivity index (χ4n) is 1.82. The third-order valence-electron chi connectivity index (χ3n) is 2.82. The first kappa shape index (κ1) is 14.8. The lowest BCUT2D eigenvalue weighted by molar-refractivity contribution is 0.194. The van der Waals surface area contributed by atoms with Crippen molar-refractivity contribution in [1.29, 1.82) is 0 Å². The normalized spacial score (nSPS) is 10.6. The molecule has 0 radical (unpaired) electrons. The average Bonchev–Trinajstić information content (AvgIpc) is 2.38. The van der Waals surface area contributed by atoms with Gasteiger partial charge in [0.25, 0.3) is 0 Å². The van der Waals surface area contributed by atoms with Crippen molar-refractivity contribution in [3.63, 3.8) is 0 Å². The lowest BCUT2D eigenvalue weighted by atomic mass is 10.1. The lowest BCUT2D eigenvalue weighted by Crippen LogP contribution is -2.18. The zero-order valence-corrected chi connectivity index (χ0v) is 11.4. The second-order valence-corrected chi connectivity index (χ2v) is 4.28. The Balaban J connectivity index is 2.17. The Hall–Kier alpha value is -1.26. The van der Waals surface area contributed by atoms with Crippen LogP contribution in [0, 0.1) is 0 Å². The van der Waals surface area contributed by atoms with E-state index in [2.05, 4.69) is 11.4 Å². The first-order valence-corrected chi connectivity index (χ1v) is 6.40. The van der Waals surface area contributed by atoms with Crippen molar-refractivity contribution in [3.8, 4) is 5.75 Å². The molecule has 102 valence electrons. The van der Waals surface area contributed by atoms with E-state index in [1.807, 2.05) is 12.1 Å². The first-order valence-electron chi connectivity index (χ1n) is 6.40. The van der Waals surface area contributed by atoms with Crippen molar-refractivity contribution in [2.45, 2.75) is 19.3 Å². The number of anilines is 1. The van der Waals surface area contributed by atoms with E-state index in [1.165, 1.54) is 5.56 Å². The lowest BCUT2D eigenvalue weighted by Gasteiger charge is -2.08. The molecule has 0 spiro atoms. The fraction of sp³-hybridized carbons (Fsp3) is 0.571. The van der Waals surface area contributed by atoms with E-state index in [1.54, 1.807) is 14.2 Å². The SMILES string of the molecule is COCCCNCCCc1ccc(OC)c(N)c1. The molecule has 0 aliphatic rings. The summed E-state index contributed by atoms with van der Waals surface area (Å²) in [5.74, 6) is 0.747. The molecule has 0 unspecified atom stereocenters. The fourth-order valence-corrected chi connectivity index (χ4v) is 1.82. The van der Waals surface area contributed by atoms with Crippen LogP contribution < -0.4 is 15.8 Å². The van der Waals surface area contributed by atoms with Crippen molar-refractivity contribution in [2.75, 3.05) is 39.6 Å². The Labute approximate surface area is 109 Å². The quantitative estimate of drug-likeness (QED) is 0.520. The van der Waals surface area contributed by atoms with Crippen LogP contribution in [-0.4, -0.2) is 33.9 Å². The van der Waals surface area contributed by atoms with Gasteiger partial charge in [-0.15, -0.1) is 0 Å². The van der Waals surface area contributed by atoms with Crippen LogP contribution in [0.15, 0.2) is 18.2 Å². The number of hydrogen-bond donors (Lipinski definition) is 2. The van der Waals surface area contributed by atoms with Crippen molar-refractivity contribution in [3.05, 3.63) is 23.8 Å². The van der Waals surface area contributed by atoms with Gasteiger partial charge in [0.05, 0.1) is 12.8 Å². The minimum atomic E-state index is 0.711. The molecular formula is C14H24N2O2. The molecule has 18 heavy (non-hydrogen) atoms. The van der Waals surface area contributed by atoms with Gasteiger partial charge in [0.1, 0.15) is 5.75 Å². The molecule has 1 aromatic rings. The minimum Gasteiger partial charge on any atom is -0.495 e. The molecule has 0 saturated heterocycles. The number of rotatable bonds is 9. The van der Waals surface area contributed by atoms with Crippen LogP contribution in [0.4, 0.5) is 5.69 Å². The predicted octanol–water partition coefficient (Wildman–Crippen LogP) is 1.84. The van der Waals surface area contributed by atoms with Gasteiger partial charge >= 0.3 is 0 Å². The number of hydrogen-bond acceptors (Lipinski definition) is 4. The van der Waals surface area contributed by atoms with Crippen molar-refractivity contribution < 1.29 is 9.47 Å². The maximum atomic E-state index is 5.86. The number of benzene rings is 1. The maximum Gasteiger partial charge on any atom is 0.141 e. The van der Waals surface area contributed by atoms with Crippen molar-refractivity contribution >= 4 is 5.69 Å². The molecule has 0 fully saturated rings. The van der Waals surface area contributed by atoms with Gasteiger partial charge in [0.15, 0.2) is 0 Å². The Morgan fingerprint density at radius 1 is 1.17 bits per heavy atom. The third-order valence-corrected chi connectivity index (χ3v) is 2.82. The zero-order valence-electron chi connectivity index (χ0n) is 11.4. The number of nitrogens with one attached hydrogen (secondary N) is 1. The van der Waals surface area contributed by atoms with Crippen LogP contribution in [0.2, 0.25) is 0 Å². The predicted molar refractivity (Wildman–Crippen MR) is 75.1 cm³/mol. The van der Waals surface area contributed by atoms with E-state index < -0.39 is 0 Å². The molecule has 4 nitrogen and oxygen atoms in total. The van der Waals surface area contributed by atoms with E-state index in [0.29, 0.717) is 5.69 Å². The molecule has 0 saturated carbocycles. The van der Waals surface area contributed by atoms with E-state index in [4.69, 9.17) is 15.2 Å². The van der Waals surface area contributed by atoms with E-state index >= 15 is 0 Å². The summed E-state index contributed by atoms with van der Waals surface area (Å²) >= 11 is 0. The monoisotopic (exact) mass is 252 g/mol. The molecule has 0 aromatic heterocycles. The minimum absolute atomic E-state index is 0.711. The van der Waals surface area contributed by atoms with Gasteiger partial charge in [-0.05, 0) is 50.0 Å². The molecule has 0 amide bonds. The summed E-state index contributed by atoms with van der Waals surface area (Å²) in [4.78, 5) is 0. The molecule has 4 heteroatoms. The first-order chi connectivity index (χ1) is 8.77. The summed E-state index contributed by atoms with van der Waals surface area (Å²) in [6, 6.07) is 5.99. The largest absolute Gasteiger partial charge is 0.495 e. The average molecular weight is 252 g/mol. The summed E-state index contributed by atoms with van der Waals surface area (Å²) < 4.78 is 10.1. The number of nitrogens with two attached hydrogens (primary N) is 1. The van der Waals surface area contributed by atoms with Gasteiger partial charge in [-0.3, -0.25) is 0 Å². The van der Waals surface area contributed by atoms with E-state index in [9.17, 15) is 0 Å². The summed E-state index contributed by atoms with van der Waals surface area (Å²) in [6.07, 6.45) is 3.20. The van der Waals surface area contributed by atoms with Crippen LogP contribution in [0.5, 0.6) is 5.75 Å². The van der Waals surface area contributed by atoms with Crippen LogP contribution >= 0.6 is 0 Å². The zero-order chi connectivity index (χ0) is 13.2. The van der Waals surface area contributed by atoms with Gasteiger partial charge in [-0.2, -0.15) is 0 Å². The smallest absolute Gasteiger partial charge is 0.141 e. The summed E-state index contributed by atoms with van der Waals surface area (Å²) in [7, 11) is 3.36. The highest BCUT2D eigenvalue weighted by Crippen LogP contribution is 2.22. The Kier molecular flexibility index (Phi) is 7.22. The summed E-state index contributed by atoms with van der Waals surface area (Å²) in [5, 5.41) is 3.39. The van der Waals surface area contributed by atoms with Crippen LogP contribution in [0.1, 0.15) is 18.4 Å². The van der Waals surface area contributed by atoms with Crippen LogP contribution in [-0.2, 0) is 11.2 Å². The Bertz CT molecular complexity index is 343. The maximum absolute atomic E-state index is 5.86. The molecule has 0 heterocycles. The van der Waals surface area contributed by atoms with Gasteiger partial charge in [-0.25, -0.2) is 0 Å². The summed E-state index contributed by atoms with van der Waals surface area (Å²) in [5.41, 5.74) is 7.83. The number of nitrogen functional groups attached to an aromatic ring is 1. The second kappa shape index (κ2) is 8.78. The van der Waals surface area contributed by atoms with Gasteiger partial charge in [-0.1, -0.05) is 6.07 Å². The molecular weight excluding hydrogens is 228 g/mol. The van der Waals surface area contributed by atoms with Gasteiger partial charge < -0.3 is 20.5 Å². The standard InChI is InChI=1S/C14H24N2O2/c1-17-10-4-9-16-8-3-5-12-6-7-14(18-2)13(15)11-12/h6-7,11,16H,3-5,8-10,15H2,1-2H3. The highest BCUT2D eigenvalue weighted by molar-refractivity contribution is 5.54. The molecule has 1 aromatic carbocycles. The number of aryl methyl sites for hydroxylation is 1. The van der Waals surface area contributed by atoms with Crippen LogP contribution in [0.3, 0.4) is 0 Å². The second-order valence-electron chi connectivity index (χ2n) is 4.28. The van der Waals surface area contributed by atoms with Crippen LogP contribution in [0.25, 0.3) is 0 Å². The topological polar surface area (TPSA) is 56.5 Å². The molecule has 1 rings (SSSR count). The number of ether oxygens (including phenoxy) is 2. The van der Waals surface area contributed by atoms with Gasteiger partial charge in [0.2, 0.25) is 0 Å². The molecule has 0 bridgehead atoms. The molecule has 0 aliphatic carbocycles. The highest BCUT2D eigenvalue weighted by Gasteiger charge is 2.00. The van der Waals surface area contributed by atoms with Crippen molar-refractivity contribution in [1.82, 2.24) is 5.32 Å². The van der Waals surface area contributed by atoms with Crippen molar-refractivity contribution in [2.24, 2.45) is 0 Å². The number of methoxy groups -OCH3 is 2. The summed E-state index contributed by atoms with van der Waals surface area (Å²) in [6.45, 7) is 2.86. The Morgan fingerprint density at radius 3 is 2.61 bits per heavy atom. The molecule has 3 N–H and O–H groups in total. The molecule has 0 atom stereocenters.